The predicted octanol–water partition coefficient (Wildman–Crippen LogP) is 3.59. The summed E-state index contributed by atoms with van der Waals surface area (Å²) in [6.45, 7) is 3.83. The van der Waals surface area contributed by atoms with Gasteiger partial charge in [-0.25, -0.2) is 0 Å². The highest BCUT2D eigenvalue weighted by atomic mass is 32.1. The maximum absolute atomic E-state index is 11.5. The smallest absolute Gasteiger partial charge is 0.220 e. The lowest BCUT2D eigenvalue weighted by Gasteiger charge is -2.09. The van der Waals surface area contributed by atoms with Crippen LogP contribution in [0.25, 0.3) is 9.75 Å². The van der Waals surface area contributed by atoms with Gasteiger partial charge in [-0.1, -0.05) is 12.1 Å². The lowest BCUT2D eigenvalue weighted by molar-refractivity contribution is -0.121. The van der Waals surface area contributed by atoms with Crippen LogP contribution in [0.15, 0.2) is 42.3 Å². The second-order valence-corrected chi connectivity index (χ2v) is 6.39. The van der Waals surface area contributed by atoms with E-state index in [0.717, 1.165) is 9.75 Å². The monoisotopic (exact) mass is 307 g/mol. The molecule has 3 nitrogen and oxygen atoms in total. The number of amides is 1. The molecule has 1 amide bonds. The van der Waals surface area contributed by atoms with Gasteiger partial charge >= 0.3 is 0 Å². The van der Waals surface area contributed by atoms with Crippen LogP contribution in [0.2, 0.25) is 0 Å². The highest BCUT2D eigenvalue weighted by molar-refractivity contribution is 7.21. The molecule has 0 aromatic carbocycles. The number of thiophene rings is 2. The van der Waals surface area contributed by atoms with E-state index in [1.165, 1.54) is 4.88 Å². The summed E-state index contributed by atoms with van der Waals surface area (Å²) in [5.41, 5.74) is 0. The number of nitrogens with one attached hydrogen (secondary N) is 1. The first-order valence-electron chi connectivity index (χ1n) is 6.40. The molecule has 1 unspecified atom stereocenters. The Morgan fingerprint density at radius 2 is 2.25 bits per heavy atom. The summed E-state index contributed by atoms with van der Waals surface area (Å²) < 4.78 is 0. The molecule has 0 aliphatic heterocycles. The normalized spacial score (nSPS) is 12.1. The standard InChI is InChI=1S/C15H17NO2S2/c1-2-3-6-15(18)16-10-11(17)12-7-8-14(20-12)13-5-4-9-19-13/h2,4-5,7-9,11,17H,1,3,6,10H2,(H,16,18). The summed E-state index contributed by atoms with van der Waals surface area (Å²) in [7, 11) is 0. The van der Waals surface area contributed by atoms with Crippen LogP contribution >= 0.6 is 22.7 Å². The molecule has 2 aromatic heterocycles. The molecule has 0 aliphatic rings. The Kier molecular flexibility index (Phi) is 5.52. The average Bonchev–Trinajstić information content (AvgIpc) is 3.11. The van der Waals surface area contributed by atoms with E-state index < -0.39 is 6.10 Å². The molecule has 0 fully saturated rings. The van der Waals surface area contributed by atoms with E-state index in [1.54, 1.807) is 28.7 Å². The SMILES string of the molecule is C=CCCC(=O)NCC(O)c1ccc(-c2cccs2)s1. The molecular formula is C15H17NO2S2. The van der Waals surface area contributed by atoms with Crippen molar-refractivity contribution in [3.63, 3.8) is 0 Å². The van der Waals surface area contributed by atoms with Gasteiger partial charge < -0.3 is 10.4 Å². The van der Waals surface area contributed by atoms with Crippen LogP contribution in [0.5, 0.6) is 0 Å². The Morgan fingerprint density at radius 1 is 1.40 bits per heavy atom. The number of aliphatic hydroxyl groups is 1. The van der Waals surface area contributed by atoms with Crippen LogP contribution in [0, 0.1) is 0 Å². The Hall–Kier alpha value is -1.43. The molecule has 0 bridgehead atoms. The summed E-state index contributed by atoms with van der Waals surface area (Å²) in [5.74, 6) is -0.0565. The summed E-state index contributed by atoms with van der Waals surface area (Å²) in [6.07, 6.45) is 2.13. The largest absolute Gasteiger partial charge is 0.386 e. The minimum Gasteiger partial charge on any atom is -0.386 e. The van der Waals surface area contributed by atoms with E-state index in [0.29, 0.717) is 12.8 Å². The molecule has 2 heterocycles. The topological polar surface area (TPSA) is 49.3 Å². The van der Waals surface area contributed by atoms with E-state index in [9.17, 15) is 9.90 Å². The number of hydrogen-bond acceptors (Lipinski definition) is 4. The van der Waals surface area contributed by atoms with E-state index in [1.807, 2.05) is 23.6 Å². The predicted molar refractivity (Wildman–Crippen MR) is 85.0 cm³/mol. The second kappa shape index (κ2) is 7.38. The fraction of sp³-hybridized carbons (Fsp3) is 0.267. The first-order chi connectivity index (χ1) is 9.70. The van der Waals surface area contributed by atoms with E-state index in [2.05, 4.69) is 18.0 Å². The Labute approximate surface area is 126 Å². The number of carbonyl (C=O) groups is 1. The van der Waals surface area contributed by atoms with Gasteiger partial charge in [0.25, 0.3) is 0 Å². The van der Waals surface area contributed by atoms with Crippen molar-refractivity contribution < 1.29 is 9.90 Å². The van der Waals surface area contributed by atoms with Crippen LogP contribution in [-0.2, 0) is 4.79 Å². The van der Waals surface area contributed by atoms with Crippen molar-refractivity contribution >= 4 is 28.6 Å². The number of allylic oxidation sites excluding steroid dienone is 1. The maximum atomic E-state index is 11.5. The molecular weight excluding hydrogens is 290 g/mol. The van der Waals surface area contributed by atoms with Crippen molar-refractivity contribution in [1.82, 2.24) is 5.32 Å². The molecule has 20 heavy (non-hydrogen) atoms. The van der Waals surface area contributed by atoms with Gasteiger partial charge in [-0.3, -0.25) is 4.79 Å². The molecule has 106 valence electrons. The Morgan fingerprint density at radius 3 is 2.95 bits per heavy atom. The number of hydrogen-bond donors (Lipinski definition) is 2. The average molecular weight is 307 g/mol. The quantitative estimate of drug-likeness (QED) is 0.768. The van der Waals surface area contributed by atoms with Gasteiger partial charge in [0.05, 0.1) is 0 Å². The fourth-order valence-corrected chi connectivity index (χ4v) is 3.54. The summed E-state index contributed by atoms with van der Waals surface area (Å²) in [4.78, 5) is 14.7. The van der Waals surface area contributed by atoms with Crippen molar-refractivity contribution in [2.24, 2.45) is 0 Å². The molecule has 0 saturated heterocycles. The highest BCUT2D eigenvalue weighted by Gasteiger charge is 2.13. The summed E-state index contributed by atoms with van der Waals surface area (Å²) in [5, 5.41) is 14.8. The fourth-order valence-electron chi connectivity index (χ4n) is 1.72. The summed E-state index contributed by atoms with van der Waals surface area (Å²) >= 11 is 3.24. The van der Waals surface area contributed by atoms with Gasteiger partial charge in [0, 0.05) is 27.6 Å². The van der Waals surface area contributed by atoms with Crippen molar-refractivity contribution in [3.05, 3.63) is 47.2 Å². The zero-order valence-electron chi connectivity index (χ0n) is 11.0. The molecule has 2 rings (SSSR count). The van der Waals surface area contributed by atoms with E-state index in [-0.39, 0.29) is 12.5 Å². The molecule has 5 heteroatoms. The molecule has 2 N–H and O–H groups in total. The summed E-state index contributed by atoms with van der Waals surface area (Å²) in [6, 6.07) is 7.99. The second-order valence-electron chi connectivity index (χ2n) is 4.33. The van der Waals surface area contributed by atoms with Crippen molar-refractivity contribution in [2.75, 3.05) is 6.54 Å². The third-order valence-corrected chi connectivity index (χ3v) is 5.04. The first-order valence-corrected chi connectivity index (χ1v) is 8.09. The number of rotatable bonds is 7. The minimum atomic E-state index is -0.651. The Bertz CT molecular complexity index is 560. The molecule has 0 saturated carbocycles. The van der Waals surface area contributed by atoms with Gasteiger partial charge in [-0.2, -0.15) is 0 Å². The minimum absolute atomic E-state index is 0.0565. The van der Waals surface area contributed by atoms with Crippen molar-refractivity contribution in [3.8, 4) is 9.75 Å². The zero-order valence-corrected chi connectivity index (χ0v) is 12.7. The highest BCUT2D eigenvalue weighted by Crippen LogP contribution is 2.33. The molecule has 0 aliphatic carbocycles. The zero-order chi connectivity index (χ0) is 14.4. The number of aliphatic hydroxyl groups excluding tert-OH is 1. The lowest BCUT2D eigenvalue weighted by Crippen LogP contribution is -2.27. The van der Waals surface area contributed by atoms with Gasteiger partial charge in [-0.15, -0.1) is 29.3 Å². The molecule has 0 spiro atoms. The maximum Gasteiger partial charge on any atom is 0.220 e. The Balaban J connectivity index is 1.88. The third-order valence-electron chi connectivity index (χ3n) is 2.79. The first kappa shape index (κ1) is 15.0. The van der Waals surface area contributed by atoms with Crippen molar-refractivity contribution in [2.45, 2.75) is 18.9 Å². The van der Waals surface area contributed by atoms with E-state index >= 15 is 0 Å². The van der Waals surface area contributed by atoms with Crippen molar-refractivity contribution in [1.29, 1.82) is 0 Å². The van der Waals surface area contributed by atoms with Gasteiger partial charge in [-0.05, 0) is 30.0 Å². The van der Waals surface area contributed by atoms with E-state index in [4.69, 9.17) is 0 Å². The van der Waals surface area contributed by atoms with Gasteiger partial charge in [0.1, 0.15) is 6.10 Å². The van der Waals surface area contributed by atoms with Crippen LogP contribution in [0.4, 0.5) is 0 Å². The molecule has 1 atom stereocenters. The molecule has 0 radical (unpaired) electrons. The molecule has 2 aromatic rings. The van der Waals surface area contributed by atoms with Gasteiger partial charge in [0.2, 0.25) is 5.91 Å². The van der Waals surface area contributed by atoms with Crippen LogP contribution < -0.4 is 5.32 Å². The third kappa shape index (κ3) is 4.03. The number of carbonyl (C=O) groups excluding carboxylic acids is 1. The van der Waals surface area contributed by atoms with Crippen LogP contribution in [-0.4, -0.2) is 17.6 Å². The van der Waals surface area contributed by atoms with Gasteiger partial charge in [0.15, 0.2) is 0 Å². The van der Waals surface area contributed by atoms with Crippen LogP contribution in [0.1, 0.15) is 23.8 Å². The van der Waals surface area contributed by atoms with Crippen LogP contribution in [0.3, 0.4) is 0 Å². The lowest BCUT2D eigenvalue weighted by atomic mass is 10.2.